The lowest BCUT2D eigenvalue weighted by atomic mass is 9.72. The van der Waals surface area contributed by atoms with Gasteiger partial charge in [-0.1, -0.05) is 29.3 Å². The Bertz CT molecular complexity index is 482. The molecular formula is C14H18Cl2O3. The third kappa shape index (κ3) is 3.04. The predicted octanol–water partition coefficient (Wildman–Crippen LogP) is 3.79. The van der Waals surface area contributed by atoms with Gasteiger partial charge in [-0.2, -0.15) is 0 Å². The van der Waals surface area contributed by atoms with Crippen LogP contribution >= 0.6 is 23.2 Å². The molecule has 0 radical (unpaired) electrons. The van der Waals surface area contributed by atoms with E-state index in [0.29, 0.717) is 15.6 Å². The summed E-state index contributed by atoms with van der Waals surface area (Å²) in [4.78, 5) is 12.0. The first-order valence-electron chi connectivity index (χ1n) is 5.99. The van der Waals surface area contributed by atoms with E-state index in [0.717, 1.165) is 0 Å². The number of halogens is 2. The third-order valence-corrected chi connectivity index (χ3v) is 4.01. The summed E-state index contributed by atoms with van der Waals surface area (Å²) < 4.78 is 5.01. The maximum atomic E-state index is 12.0. The van der Waals surface area contributed by atoms with Crippen LogP contribution in [0.15, 0.2) is 18.2 Å². The van der Waals surface area contributed by atoms with Crippen molar-refractivity contribution in [2.45, 2.75) is 33.3 Å². The average molecular weight is 305 g/mol. The molecule has 0 aliphatic carbocycles. The zero-order valence-electron chi connectivity index (χ0n) is 11.5. The van der Waals surface area contributed by atoms with Crippen LogP contribution in [0.25, 0.3) is 0 Å². The molecule has 1 rings (SSSR count). The molecule has 5 heteroatoms. The van der Waals surface area contributed by atoms with Crippen molar-refractivity contribution in [3.8, 4) is 0 Å². The Balaban J connectivity index is 3.25. The molecule has 3 nitrogen and oxygen atoms in total. The summed E-state index contributed by atoms with van der Waals surface area (Å²) in [6.07, 6.45) is 0. The molecule has 0 aliphatic rings. The Kier molecular flexibility index (Phi) is 4.88. The molecule has 0 fully saturated rings. The van der Waals surface area contributed by atoms with E-state index in [1.165, 1.54) is 6.07 Å². The van der Waals surface area contributed by atoms with Crippen LogP contribution in [0.4, 0.5) is 0 Å². The monoisotopic (exact) mass is 304 g/mol. The molecule has 106 valence electrons. The van der Waals surface area contributed by atoms with Crippen LogP contribution < -0.4 is 0 Å². The molecule has 0 heterocycles. The lowest BCUT2D eigenvalue weighted by Gasteiger charge is -2.38. The van der Waals surface area contributed by atoms with E-state index >= 15 is 0 Å². The highest BCUT2D eigenvalue weighted by Crippen LogP contribution is 2.43. The summed E-state index contributed by atoms with van der Waals surface area (Å²) in [5.41, 5.74) is -2.17. The smallest absolute Gasteiger partial charge is 0.314 e. The largest absolute Gasteiger partial charge is 0.465 e. The predicted molar refractivity (Wildman–Crippen MR) is 76.4 cm³/mol. The summed E-state index contributed by atoms with van der Waals surface area (Å²) in [5, 5.41) is 11.5. The highest BCUT2D eigenvalue weighted by molar-refractivity contribution is 6.35. The van der Waals surface area contributed by atoms with Crippen LogP contribution in [0, 0.1) is 5.41 Å². The van der Waals surface area contributed by atoms with E-state index in [4.69, 9.17) is 27.9 Å². The lowest BCUT2D eigenvalue weighted by Crippen LogP contribution is -2.46. The number of rotatable bonds is 4. The molecule has 19 heavy (non-hydrogen) atoms. The quantitative estimate of drug-likeness (QED) is 0.861. The van der Waals surface area contributed by atoms with Crippen molar-refractivity contribution in [2.24, 2.45) is 5.41 Å². The summed E-state index contributed by atoms with van der Waals surface area (Å²) >= 11 is 11.9. The minimum atomic E-state index is -1.47. The molecule has 0 aliphatic heterocycles. The van der Waals surface area contributed by atoms with Crippen molar-refractivity contribution < 1.29 is 14.6 Å². The lowest BCUT2D eigenvalue weighted by molar-refractivity contribution is -0.170. The van der Waals surface area contributed by atoms with Crippen LogP contribution in [-0.4, -0.2) is 17.7 Å². The van der Waals surface area contributed by atoms with E-state index in [-0.39, 0.29) is 6.61 Å². The number of hydrogen-bond acceptors (Lipinski definition) is 3. The van der Waals surface area contributed by atoms with Crippen molar-refractivity contribution >= 4 is 29.2 Å². The van der Waals surface area contributed by atoms with Crippen molar-refractivity contribution in [3.63, 3.8) is 0 Å². The van der Waals surface area contributed by atoms with Gasteiger partial charge in [0.25, 0.3) is 0 Å². The second-order valence-electron chi connectivity index (χ2n) is 5.04. The van der Waals surface area contributed by atoms with Crippen molar-refractivity contribution in [3.05, 3.63) is 33.8 Å². The standard InChI is InChI=1S/C14H18Cl2O3/c1-5-19-12(17)13(2,3)14(4,18)10-7-6-9(15)8-11(10)16/h6-8,18H,5H2,1-4H3. The van der Waals surface area contributed by atoms with Gasteiger partial charge in [0.1, 0.15) is 5.60 Å². The number of esters is 1. The van der Waals surface area contributed by atoms with Crippen LogP contribution in [0.1, 0.15) is 33.3 Å². The highest BCUT2D eigenvalue weighted by Gasteiger charge is 2.48. The number of aliphatic hydroxyl groups is 1. The second-order valence-corrected chi connectivity index (χ2v) is 5.89. The molecule has 1 N–H and O–H groups in total. The first-order chi connectivity index (χ1) is 8.64. The fourth-order valence-electron chi connectivity index (χ4n) is 1.73. The SMILES string of the molecule is CCOC(=O)C(C)(C)C(C)(O)c1ccc(Cl)cc1Cl. The first-order valence-corrected chi connectivity index (χ1v) is 6.75. The number of hydrogen-bond donors (Lipinski definition) is 1. The first kappa shape index (κ1) is 16.3. The van der Waals surface area contributed by atoms with Crippen molar-refractivity contribution in [1.29, 1.82) is 0 Å². The van der Waals surface area contributed by atoms with Gasteiger partial charge in [-0.25, -0.2) is 0 Å². The van der Waals surface area contributed by atoms with E-state index in [9.17, 15) is 9.90 Å². The molecule has 0 spiro atoms. The molecule has 1 aromatic carbocycles. The number of benzene rings is 1. The number of ether oxygens (including phenoxy) is 1. The van der Waals surface area contributed by atoms with Crippen molar-refractivity contribution in [2.75, 3.05) is 6.61 Å². The van der Waals surface area contributed by atoms with Gasteiger partial charge in [-0.3, -0.25) is 4.79 Å². The van der Waals surface area contributed by atoms with Crippen LogP contribution in [0.5, 0.6) is 0 Å². The fourth-order valence-corrected chi connectivity index (χ4v) is 2.32. The summed E-state index contributed by atoms with van der Waals surface area (Å²) in [7, 11) is 0. The highest BCUT2D eigenvalue weighted by atomic mass is 35.5. The molecule has 0 bridgehead atoms. The van der Waals surface area contributed by atoms with E-state index in [1.807, 2.05) is 0 Å². The van der Waals surface area contributed by atoms with Gasteiger partial charge in [-0.05, 0) is 39.8 Å². The summed E-state index contributed by atoms with van der Waals surface area (Å²) in [6, 6.07) is 4.78. The molecule has 0 saturated heterocycles. The number of carbonyl (C=O) groups excluding carboxylic acids is 1. The topological polar surface area (TPSA) is 46.5 Å². The average Bonchev–Trinajstić information content (AvgIpc) is 2.28. The third-order valence-electron chi connectivity index (χ3n) is 3.46. The van der Waals surface area contributed by atoms with Gasteiger partial charge in [0.2, 0.25) is 0 Å². The molecule has 0 aromatic heterocycles. The van der Waals surface area contributed by atoms with Gasteiger partial charge in [0.05, 0.1) is 12.0 Å². The van der Waals surface area contributed by atoms with Gasteiger partial charge in [-0.15, -0.1) is 0 Å². The Hall–Kier alpha value is -0.770. The molecular weight excluding hydrogens is 287 g/mol. The fraction of sp³-hybridized carbons (Fsp3) is 0.500. The minimum Gasteiger partial charge on any atom is -0.465 e. The van der Waals surface area contributed by atoms with E-state index in [1.54, 1.807) is 39.8 Å². The van der Waals surface area contributed by atoms with Gasteiger partial charge in [0.15, 0.2) is 0 Å². The Labute approximate surface area is 123 Å². The van der Waals surface area contributed by atoms with Crippen molar-refractivity contribution in [1.82, 2.24) is 0 Å². The number of carbonyl (C=O) groups is 1. The molecule has 0 saturated carbocycles. The van der Waals surface area contributed by atoms with Crippen LogP contribution in [-0.2, 0) is 15.1 Å². The molecule has 1 unspecified atom stereocenters. The minimum absolute atomic E-state index is 0.257. The van der Waals surface area contributed by atoms with E-state index in [2.05, 4.69) is 0 Å². The maximum absolute atomic E-state index is 12.0. The van der Waals surface area contributed by atoms with Crippen LogP contribution in [0.3, 0.4) is 0 Å². The van der Waals surface area contributed by atoms with Gasteiger partial charge >= 0.3 is 5.97 Å². The summed E-state index contributed by atoms with van der Waals surface area (Å²) in [5.74, 6) is -0.481. The van der Waals surface area contributed by atoms with Gasteiger partial charge in [0, 0.05) is 15.6 Å². The zero-order chi connectivity index (χ0) is 14.8. The Morgan fingerprint density at radius 2 is 1.89 bits per heavy atom. The summed E-state index contributed by atoms with van der Waals surface area (Å²) in [6.45, 7) is 6.76. The second kappa shape index (κ2) is 5.70. The van der Waals surface area contributed by atoms with Gasteiger partial charge < -0.3 is 9.84 Å². The molecule has 1 atom stereocenters. The van der Waals surface area contributed by atoms with Crippen LogP contribution in [0.2, 0.25) is 10.0 Å². The normalized spacial score (nSPS) is 14.9. The molecule has 0 amide bonds. The maximum Gasteiger partial charge on any atom is 0.314 e. The van der Waals surface area contributed by atoms with E-state index < -0.39 is 17.0 Å². The Morgan fingerprint density at radius 3 is 2.37 bits per heavy atom. The zero-order valence-corrected chi connectivity index (χ0v) is 13.0. The molecule has 1 aromatic rings. The Morgan fingerprint density at radius 1 is 1.32 bits per heavy atom.